The number of carbonyl (C=O) groups is 1. The Kier molecular flexibility index (Phi) is 8.62. The fraction of sp³-hybridized carbons (Fsp3) is 0.120. The van der Waals surface area contributed by atoms with Crippen LogP contribution in [0, 0.1) is 11.3 Å². The van der Waals surface area contributed by atoms with Gasteiger partial charge in [-0.15, -0.1) is 0 Å². The van der Waals surface area contributed by atoms with E-state index in [1.807, 2.05) is 19.1 Å². The van der Waals surface area contributed by atoms with Crippen LogP contribution in [0.5, 0.6) is 11.5 Å². The number of halogens is 3. The number of nitrogens with one attached hydrogen (secondary N) is 1. The van der Waals surface area contributed by atoms with E-state index in [0.29, 0.717) is 44.4 Å². The minimum Gasteiger partial charge on any atom is -0.490 e. The Balaban J connectivity index is 1.77. The maximum Gasteiger partial charge on any atom is 0.266 e. The molecule has 0 spiro atoms. The number of hydrogen-bond donors (Lipinski definition) is 1. The van der Waals surface area contributed by atoms with E-state index in [1.54, 1.807) is 54.6 Å². The van der Waals surface area contributed by atoms with Crippen LogP contribution in [0.2, 0.25) is 15.1 Å². The van der Waals surface area contributed by atoms with Crippen molar-refractivity contribution in [3.8, 4) is 17.6 Å². The highest BCUT2D eigenvalue weighted by Crippen LogP contribution is 2.31. The van der Waals surface area contributed by atoms with Crippen LogP contribution < -0.4 is 14.8 Å². The number of amides is 1. The second-order valence-corrected chi connectivity index (χ2v) is 8.06. The fourth-order valence-corrected chi connectivity index (χ4v) is 3.29. The zero-order valence-electron chi connectivity index (χ0n) is 17.6. The molecule has 0 aromatic heterocycles. The number of rotatable bonds is 8. The van der Waals surface area contributed by atoms with Crippen LogP contribution in [0.4, 0.5) is 5.69 Å². The van der Waals surface area contributed by atoms with Crippen molar-refractivity contribution < 1.29 is 14.3 Å². The van der Waals surface area contributed by atoms with Crippen LogP contribution in [0.1, 0.15) is 18.1 Å². The van der Waals surface area contributed by atoms with Crippen LogP contribution in [0.15, 0.2) is 66.2 Å². The van der Waals surface area contributed by atoms with Crippen molar-refractivity contribution in [1.82, 2.24) is 0 Å². The molecule has 33 heavy (non-hydrogen) atoms. The SMILES string of the molecule is CCOc1cc(/C=C(/C#N)C(=O)Nc2ccc(Cl)cc2)ccc1OCc1ccc(Cl)c(Cl)c1. The van der Waals surface area contributed by atoms with Gasteiger partial charge in [0, 0.05) is 10.7 Å². The van der Waals surface area contributed by atoms with Gasteiger partial charge in [0.1, 0.15) is 18.2 Å². The molecule has 0 aliphatic heterocycles. The summed E-state index contributed by atoms with van der Waals surface area (Å²) in [6.07, 6.45) is 1.48. The molecule has 0 saturated carbocycles. The smallest absolute Gasteiger partial charge is 0.266 e. The van der Waals surface area contributed by atoms with Crippen molar-refractivity contribution in [2.75, 3.05) is 11.9 Å². The van der Waals surface area contributed by atoms with Gasteiger partial charge in [0.25, 0.3) is 5.91 Å². The fourth-order valence-electron chi connectivity index (χ4n) is 2.84. The third kappa shape index (κ3) is 6.90. The zero-order valence-corrected chi connectivity index (χ0v) is 19.8. The molecule has 1 amide bonds. The molecule has 0 radical (unpaired) electrons. The normalized spacial score (nSPS) is 10.9. The van der Waals surface area contributed by atoms with Gasteiger partial charge in [0.2, 0.25) is 0 Å². The first-order valence-electron chi connectivity index (χ1n) is 9.92. The Morgan fingerprint density at radius 1 is 0.970 bits per heavy atom. The molecule has 5 nitrogen and oxygen atoms in total. The van der Waals surface area contributed by atoms with Gasteiger partial charge in [-0.1, -0.05) is 46.9 Å². The van der Waals surface area contributed by atoms with E-state index in [1.165, 1.54) is 6.08 Å². The maximum absolute atomic E-state index is 12.5. The second-order valence-electron chi connectivity index (χ2n) is 6.81. The number of benzene rings is 3. The second kappa shape index (κ2) is 11.6. The van der Waals surface area contributed by atoms with Gasteiger partial charge in [0.15, 0.2) is 11.5 Å². The molecule has 0 bridgehead atoms. The average molecular weight is 502 g/mol. The van der Waals surface area contributed by atoms with Crippen LogP contribution in [-0.2, 0) is 11.4 Å². The molecule has 3 aromatic carbocycles. The average Bonchev–Trinajstić information content (AvgIpc) is 2.80. The summed E-state index contributed by atoms with van der Waals surface area (Å²) in [5, 5.41) is 13.6. The van der Waals surface area contributed by atoms with Gasteiger partial charge in [0.05, 0.1) is 16.7 Å². The van der Waals surface area contributed by atoms with E-state index < -0.39 is 5.91 Å². The first-order chi connectivity index (χ1) is 15.9. The van der Waals surface area contributed by atoms with Gasteiger partial charge in [-0.25, -0.2) is 0 Å². The number of carbonyl (C=O) groups excluding carboxylic acids is 1. The summed E-state index contributed by atoms with van der Waals surface area (Å²) in [5.74, 6) is 0.476. The van der Waals surface area contributed by atoms with Crippen molar-refractivity contribution in [1.29, 1.82) is 5.26 Å². The van der Waals surface area contributed by atoms with Crippen LogP contribution >= 0.6 is 34.8 Å². The van der Waals surface area contributed by atoms with Crippen LogP contribution in [0.25, 0.3) is 6.08 Å². The van der Waals surface area contributed by atoms with E-state index in [4.69, 9.17) is 44.3 Å². The summed E-state index contributed by atoms with van der Waals surface area (Å²) in [6, 6.07) is 19.0. The lowest BCUT2D eigenvalue weighted by Crippen LogP contribution is -2.13. The Morgan fingerprint density at radius 3 is 2.39 bits per heavy atom. The highest BCUT2D eigenvalue weighted by Gasteiger charge is 2.12. The van der Waals surface area contributed by atoms with Crippen molar-refractivity contribution >= 4 is 52.5 Å². The third-order valence-corrected chi connectivity index (χ3v) is 5.42. The van der Waals surface area contributed by atoms with Gasteiger partial charge < -0.3 is 14.8 Å². The first kappa shape index (κ1) is 24.5. The monoisotopic (exact) mass is 500 g/mol. The van der Waals surface area contributed by atoms with E-state index in [2.05, 4.69) is 5.32 Å². The van der Waals surface area contributed by atoms with Crippen LogP contribution in [0.3, 0.4) is 0 Å². The van der Waals surface area contributed by atoms with E-state index >= 15 is 0 Å². The summed E-state index contributed by atoms with van der Waals surface area (Å²) in [7, 11) is 0. The molecule has 0 atom stereocenters. The molecular formula is C25H19Cl3N2O3. The largest absolute Gasteiger partial charge is 0.490 e. The molecule has 168 valence electrons. The summed E-state index contributed by atoms with van der Waals surface area (Å²) in [6.45, 7) is 2.53. The topological polar surface area (TPSA) is 71.3 Å². The number of ether oxygens (including phenoxy) is 2. The van der Waals surface area contributed by atoms with Gasteiger partial charge in [-0.3, -0.25) is 4.79 Å². The van der Waals surface area contributed by atoms with Crippen molar-refractivity contribution in [2.24, 2.45) is 0 Å². The van der Waals surface area contributed by atoms with Crippen molar-refractivity contribution in [3.63, 3.8) is 0 Å². The van der Waals surface area contributed by atoms with E-state index in [0.717, 1.165) is 5.56 Å². The molecular weight excluding hydrogens is 483 g/mol. The molecule has 8 heteroatoms. The molecule has 0 unspecified atom stereocenters. The minimum atomic E-state index is -0.530. The van der Waals surface area contributed by atoms with E-state index in [-0.39, 0.29) is 12.2 Å². The number of hydrogen-bond acceptors (Lipinski definition) is 4. The van der Waals surface area contributed by atoms with Crippen molar-refractivity contribution in [2.45, 2.75) is 13.5 Å². The lowest BCUT2D eigenvalue weighted by Gasteiger charge is -2.13. The highest BCUT2D eigenvalue weighted by molar-refractivity contribution is 6.42. The van der Waals surface area contributed by atoms with Gasteiger partial charge >= 0.3 is 0 Å². The Bertz CT molecular complexity index is 1220. The number of nitriles is 1. The standard InChI is InChI=1S/C25H19Cl3N2O3/c1-2-32-24-13-16(4-10-23(24)33-15-17-3-9-21(27)22(28)12-17)11-18(14-29)25(31)30-20-7-5-19(26)6-8-20/h3-13H,2,15H2,1H3,(H,30,31)/b18-11-. The molecule has 0 fully saturated rings. The predicted molar refractivity (Wildman–Crippen MR) is 132 cm³/mol. The molecule has 3 rings (SSSR count). The molecule has 1 N–H and O–H groups in total. The Labute approximate surface area is 207 Å². The van der Waals surface area contributed by atoms with Crippen molar-refractivity contribution in [3.05, 3.63) is 92.4 Å². The number of nitrogens with zero attached hydrogens (tertiary/aromatic N) is 1. The Morgan fingerprint density at radius 2 is 1.73 bits per heavy atom. The first-order valence-corrected chi connectivity index (χ1v) is 11.0. The van der Waals surface area contributed by atoms with E-state index in [9.17, 15) is 10.1 Å². The lowest BCUT2D eigenvalue weighted by molar-refractivity contribution is -0.112. The summed E-state index contributed by atoms with van der Waals surface area (Å²) in [5.41, 5.74) is 1.94. The molecule has 3 aromatic rings. The molecule has 0 saturated heterocycles. The summed E-state index contributed by atoms with van der Waals surface area (Å²) >= 11 is 17.9. The molecule has 0 aliphatic rings. The quantitative estimate of drug-likeness (QED) is 0.262. The summed E-state index contributed by atoms with van der Waals surface area (Å²) in [4.78, 5) is 12.5. The van der Waals surface area contributed by atoms with Gasteiger partial charge in [-0.05, 0) is 72.7 Å². The van der Waals surface area contributed by atoms with Crippen LogP contribution in [-0.4, -0.2) is 12.5 Å². The maximum atomic E-state index is 12.5. The Hall–Kier alpha value is -3.17. The number of anilines is 1. The minimum absolute atomic E-state index is 0.0585. The third-order valence-electron chi connectivity index (χ3n) is 4.42. The molecule has 0 heterocycles. The lowest BCUT2D eigenvalue weighted by atomic mass is 10.1. The predicted octanol–water partition coefficient (Wildman–Crippen LogP) is 7.17. The highest BCUT2D eigenvalue weighted by atomic mass is 35.5. The van der Waals surface area contributed by atoms with Gasteiger partial charge in [-0.2, -0.15) is 5.26 Å². The zero-order chi connectivity index (χ0) is 23.8. The molecule has 0 aliphatic carbocycles. The summed E-state index contributed by atoms with van der Waals surface area (Å²) < 4.78 is 11.6.